The van der Waals surface area contributed by atoms with E-state index in [2.05, 4.69) is 44.5 Å². The van der Waals surface area contributed by atoms with Crippen LogP contribution in [-0.4, -0.2) is 42.3 Å². The zero-order chi connectivity index (χ0) is 16.2. The average molecular weight is 398 g/mol. The van der Waals surface area contributed by atoms with Gasteiger partial charge in [0.2, 0.25) is 0 Å². The Labute approximate surface area is 152 Å². The topological polar surface area (TPSA) is 36.5 Å². The summed E-state index contributed by atoms with van der Waals surface area (Å²) in [5.74, 6) is 0.952. The first-order chi connectivity index (χ1) is 11.2. The number of nitrogens with zero attached hydrogens (tertiary/aromatic N) is 1. The van der Waals surface area contributed by atoms with Crippen molar-refractivity contribution in [3.8, 4) is 5.75 Å². The minimum atomic E-state index is 0.210. The second kappa shape index (κ2) is 7.81. The molecule has 6 heteroatoms. The molecule has 0 aromatic heterocycles. The molecule has 2 aliphatic rings. The van der Waals surface area contributed by atoms with E-state index < -0.39 is 0 Å². The molecule has 0 aliphatic carbocycles. The first-order valence-electron chi connectivity index (χ1n) is 8.38. The van der Waals surface area contributed by atoms with Gasteiger partial charge in [-0.25, -0.2) is 0 Å². The summed E-state index contributed by atoms with van der Waals surface area (Å²) >= 11 is 9.05. The molecule has 2 heterocycles. The molecule has 4 nitrogen and oxygen atoms in total. The maximum absolute atomic E-state index is 5.73. The highest BCUT2D eigenvalue weighted by atomic mass is 79.9. The van der Waals surface area contributed by atoms with Crippen LogP contribution >= 0.6 is 28.1 Å². The highest BCUT2D eigenvalue weighted by Crippen LogP contribution is 2.34. The van der Waals surface area contributed by atoms with Gasteiger partial charge in [-0.3, -0.25) is 4.90 Å². The summed E-state index contributed by atoms with van der Waals surface area (Å²) in [6, 6.07) is 6.96. The lowest BCUT2D eigenvalue weighted by molar-refractivity contribution is 0.259. The number of likely N-dealkylation sites (tertiary alicyclic amines) is 1. The second-order valence-corrected chi connectivity index (χ2v) is 7.47. The van der Waals surface area contributed by atoms with E-state index >= 15 is 0 Å². The van der Waals surface area contributed by atoms with Crippen LogP contribution in [0.5, 0.6) is 5.75 Å². The third-order valence-corrected chi connectivity index (χ3v) is 5.48. The van der Waals surface area contributed by atoms with Gasteiger partial charge in [-0.2, -0.15) is 0 Å². The molecular formula is C17H24BrN3OS. The number of ether oxygens (including phenoxy) is 1. The minimum Gasteiger partial charge on any atom is -0.493 e. The molecule has 0 bridgehead atoms. The lowest BCUT2D eigenvalue weighted by Gasteiger charge is -2.29. The summed E-state index contributed by atoms with van der Waals surface area (Å²) in [7, 11) is 0. The summed E-state index contributed by atoms with van der Waals surface area (Å²) in [5.41, 5.74) is 1.17. The molecule has 3 rings (SSSR count). The summed E-state index contributed by atoms with van der Waals surface area (Å²) < 4.78 is 6.80. The Morgan fingerprint density at radius 3 is 3.13 bits per heavy atom. The highest BCUT2D eigenvalue weighted by molar-refractivity contribution is 9.10. The van der Waals surface area contributed by atoms with Crippen molar-refractivity contribution < 1.29 is 4.74 Å². The number of hydrogen-bond acceptors (Lipinski definition) is 3. The van der Waals surface area contributed by atoms with E-state index in [-0.39, 0.29) is 6.04 Å². The fourth-order valence-electron chi connectivity index (χ4n) is 3.48. The Balaban J connectivity index is 1.56. The average Bonchev–Trinajstić information content (AvgIpc) is 3.01. The predicted octanol–water partition coefficient (Wildman–Crippen LogP) is 3.22. The number of fused-ring (bicyclic) bond motifs is 1. The zero-order valence-corrected chi connectivity index (χ0v) is 15.9. The second-order valence-electron chi connectivity index (χ2n) is 6.15. The molecule has 0 amide bonds. The van der Waals surface area contributed by atoms with E-state index in [0.717, 1.165) is 41.5 Å². The molecule has 0 unspecified atom stereocenters. The van der Waals surface area contributed by atoms with Gasteiger partial charge in [0.25, 0.3) is 0 Å². The molecule has 23 heavy (non-hydrogen) atoms. The first kappa shape index (κ1) is 17.0. The van der Waals surface area contributed by atoms with E-state index in [4.69, 9.17) is 17.0 Å². The van der Waals surface area contributed by atoms with E-state index in [1.54, 1.807) is 0 Å². The summed E-state index contributed by atoms with van der Waals surface area (Å²) in [5, 5.41) is 7.61. The van der Waals surface area contributed by atoms with Crippen molar-refractivity contribution >= 4 is 33.3 Å². The third kappa shape index (κ3) is 4.17. The number of hydrogen-bond donors (Lipinski definition) is 2. The normalized spacial score (nSPS) is 23.9. The van der Waals surface area contributed by atoms with Crippen LogP contribution in [0.15, 0.2) is 22.7 Å². The Morgan fingerprint density at radius 1 is 1.43 bits per heavy atom. The van der Waals surface area contributed by atoms with E-state index in [1.165, 1.54) is 24.9 Å². The minimum absolute atomic E-state index is 0.210. The molecule has 1 fully saturated rings. The predicted molar refractivity (Wildman–Crippen MR) is 101 cm³/mol. The molecule has 1 aromatic rings. The largest absolute Gasteiger partial charge is 0.493 e. The van der Waals surface area contributed by atoms with Crippen LogP contribution in [0.3, 0.4) is 0 Å². The Morgan fingerprint density at radius 2 is 2.30 bits per heavy atom. The standard InChI is InChI=1S/C17H24BrN3OS/c1-2-21-8-3-4-13(21)11-19-17(23)20-15-7-9-22-16-6-5-12(18)10-14(15)16/h5-6,10,13,15H,2-4,7-9,11H2,1H3,(H2,19,20,23)/t13-,15-/m0/s1. The molecule has 2 N–H and O–H groups in total. The zero-order valence-electron chi connectivity index (χ0n) is 13.5. The van der Waals surface area contributed by atoms with Gasteiger partial charge < -0.3 is 15.4 Å². The van der Waals surface area contributed by atoms with Crippen LogP contribution in [0.4, 0.5) is 0 Å². The Bertz CT molecular complexity index is 569. The van der Waals surface area contributed by atoms with Crippen molar-refractivity contribution in [2.45, 2.75) is 38.3 Å². The fraction of sp³-hybridized carbons (Fsp3) is 0.588. The molecule has 1 aromatic carbocycles. The Kier molecular flexibility index (Phi) is 5.77. The SMILES string of the molecule is CCN1CCC[C@H]1CNC(=S)N[C@H]1CCOc2ccc(Br)cc21. The van der Waals surface area contributed by atoms with Crippen LogP contribution in [0, 0.1) is 0 Å². The number of benzene rings is 1. The number of thiocarbonyl (C=S) groups is 1. The van der Waals surface area contributed by atoms with Crippen molar-refractivity contribution in [2.75, 3.05) is 26.2 Å². The smallest absolute Gasteiger partial charge is 0.166 e. The number of halogens is 1. The summed E-state index contributed by atoms with van der Waals surface area (Å²) in [6.07, 6.45) is 3.48. The number of likely N-dealkylation sites (N-methyl/N-ethyl adjacent to an activating group) is 1. The van der Waals surface area contributed by atoms with Crippen LogP contribution in [0.2, 0.25) is 0 Å². The lowest BCUT2D eigenvalue weighted by atomic mass is 10.0. The maximum atomic E-state index is 5.73. The Hall–Kier alpha value is -0.850. The van der Waals surface area contributed by atoms with Crippen molar-refractivity contribution in [2.24, 2.45) is 0 Å². The van der Waals surface area contributed by atoms with E-state index in [0.29, 0.717) is 6.04 Å². The number of rotatable bonds is 4. The van der Waals surface area contributed by atoms with Crippen molar-refractivity contribution in [3.63, 3.8) is 0 Å². The molecular weight excluding hydrogens is 374 g/mol. The number of nitrogens with one attached hydrogen (secondary N) is 2. The van der Waals surface area contributed by atoms with Gasteiger partial charge in [0.1, 0.15) is 5.75 Å². The van der Waals surface area contributed by atoms with Crippen LogP contribution in [0.1, 0.15) is 37.8 Å². The van der Waals surface area contributed by atoms with Crippen LogP contribution in [-0.2, 0) is 0 Å². The van der Waals surface area contributed by atoms with E-state index in [9.17, 15) is 0 Å². The molecule has 0 radical (unpaired) electrons. The molecule has 2 aliphatic heterocycles. The molecule has 0 spiro atoms. The molecule has 0 saturated carbocycles. The van der Waals surface area contributed by atoms with Crippen LogP contribution < -0.4 is 15.4 Å². The van der Waals surface area contributed by atoms with Gasteiger partial charge >= 0.3 is 0 Å². The van der Waals surface area contributed by atoms with Crippen molar-refractivity contribution in [1.29, 1.82) is 0 Å². The summed E-state index contributed by atoms with van der Waals surface area (Å²) in [6.45, 7) is 6.21. The van der Waals surface area contributed by atoms with E-state index in [1.807, 2.05) is 12.1 Å². The van der Waals surface area contributed by atoms with Gasteiger partial charge in [0.15, 0.2) is 5.11 Å². The van der Waals surface area contributed by atoms with Crippen molar-refractivity contribution in [3.05, 3.63) is 28.2 Å². The highest BCUT2D eigenvalue weighted by Gasteiger charge is 2.24. The third-order valence-electron chi connectivity index (χ3n) is 4.72. The van der Waals surface area contributed by atoms with Gasteiger partial charge in [0.05, 0.1) is 12.6 Å². The molecule has 126 valence electrons. The monoisotopic (exact) mass is 397 g/mol. The summed E-state index contributed by atoms with van der Waals surface area (Å²) in [4.78, 5) is 2.52. The maximum Gasteiger partial charge on any atom is 0.166 e. The molecule has 1 saturated heterocycles. The van der Waals surface area contributed by atoms with Gasteiger partial charge in [-0.1, -0.05) is 22.9 Å². The fourth-order valence-corrected chi connectivity index (χ4v) is 4.08. The quantitative estimate of drug-likeness (QED) is 0.762. The van der Waals surface area contributed by atoms with Crippen molar-refractivity contribution in [1.82, 2.24) is 15.5 Å². The van der Waals surface area contributed by atoms with Crippen LogP contribution in [0.25, 0.3) is 0 Å². The van der Waals surface area contributed by atoms with Gasteiger partial charge in [-0.05, 0) is 56.3 Å². The first-order valence-corrected chi connectivity index (χ1v) is 9.58. The van der Waals surface area contributed by atoms with Gasteiger partial charge in [-0.15, -0.1) is 0 Å². The van der Waals surface area contributed by atoms with Gasteiger partial charge in [0, 0.05) is 29.0 Å². The lowest BCUT2D eigenvalue weighted by Crippen LogP contribution is -2.45. The molecule has 2 atom stereocenters.